The third kappa shape index (κ3) is 4.98. The van der Waals surface area contributed by atoms with Crippen molar-refractivity contribution in [3.63, 3.8) is 0 Å². The molecule has 1 atom stereocenters. The second-order valence-electron chi connectivity index (χ2n) is 7.58. The number of nitrogens with one attached hydrogen (secondary N) is 1. The molecule has 1 saturated heterocycles. The first-order chi connectivity index (χ1) is 10.3. The highest BCUT2D eigenvalue weighted by molar-refractivity contribution is 5.76. The van der Waals surface area contributed by atoms with E-state index in [1.54, 1.807) is 0 Å². The van der Waals surface area contributed by atoms with Crippen LogP contribution in [0.15, 0.2) is 0 Å². The highest BCUT2D eigenvalue weighted by Gasteiger charge is 2.29. The Labute approximate surface area is 129 Å². The van der Waals surface area contributed by atoms with Crippen molar-refractivity contribution in [2.24, 2.45) is 11.8 Å². The van der Waals surface area contributed by atoms with Crippen molar-refractivity contribution in [2.45, 2.75) is 76.7 Å². The molecule has 3 fully saturated rings. The Hall–Kier alpha value is -0.570. The molecule has 1 N–H and O–H groups in total. The number of rotatable bonds is 7. The Kier molecular flexibility index (Phi) is 5.56. The molecule has 1 heterocycles. The van der Waals surface area contributed by atoms with Gasteiger partial charge in [-0.05, 0) is 50.5 Å². The summed E-state index contributed by atoms with van der Waals surface area (Å²) in [6.45, 7) is 3.12. The van der Waals surface area contributed by atoms with Crippen LogP contribution in [-0.2, 0) is 4.79 Å². The quantitative estimate of drug-likeness (QED) is 0.780. The maximum Gasteiger partial charge on any atom is 0.222 e. The van der Waals surface area contributed by atoms with Gasteiger partial charge in [-0.15, -0.1) is 0 Å². The van der Waals surface area contributed by atoms with Gasteiger partial charge in [0.15, 0.2) is 0 Å². The third-order valence-electron chi connectivity index (χ3n) is 5.62. The van der Waals surface area contributed by atoms with Gasteiger partial charge in [0.05, 0.1) is 0 Å². The Morgan fingerprint density at radius 2 is 1.71 bits per heavy atom. The first-order valence-corrected chi connectivity index (χ1v) is 9.32. The molecule has 1 amide bonds. The molecule has 1 unspecified atom stereocenters. The Morgan fingerprint density at radius 1 is 0.905 bits per heavy atom. The van der Waals surface area contributed by atoms with E-state index in [9.17, 15) is 4.79 Å². The molecular weight excluding hydrogens is 260 g/mol. The lowest BCUT2D eigenvalue weighted by atomic mass is 9.86. The normalized spacial score (nSPS) is 27.0. The van der Waals surface area contributed by atoms with E-state index >= 15 is 0 Å². The van der Waals surface area contributed by atoms with Gasteiger partial charge in [0, 0.05) is 25.6 Å². The molecule has 21 heavy (non-hydrogen) atoms. The van der Waals surface area contributed by atoms with Gasteiger partial charge in [0.2, 0.25) is 5.91 Å². The van der Waals surface area contributed by atoms with Crippen molar-refractivity contribution in [1.29, 1.82) is 0 Å². The fraction of sp³-hybridized carbons (Fsp3) is 0.944. The van der Waals surface area contributed by atoms with E-state index in [0.29, 0.717) is 11.9 Å². The van der Waals surface area contributed by atoms with Crippen LogP contribution in [0.2, 0.25) is 0 Å². The van der Waals surface area contributed by atoms with E-state index in [1.807, 2.05) is 0 Å². The third-order valence-corrected chi connectivity index (χ3v) is 5.62. The van der Waals surface area contributed by atoms with E-state index in [1.165, 1.54) is 57.8 Å². The summed E-state index contributed by atoms with van der Waals surface area (Å²) >= 11 is 0. The maximum absolute atomic E-state index is 12.6. The van der Waals surface area contributed by atoms with Crippen LogP contribution in [0.5, 0.6) is 0 Å². The summed E-state index contributed by atoms with van der Waals surface area (Å²) in [5.41, 5.74) is 0. The van der Waals surface area contributed by atoms with Gasteiger partial charge in [-0.3, -0.25) is 4.79 Å². The molecule has 1 aliphatic heterocycles. The van der Waals surface area contributed by atoms with Crippen molar-refractivity contribution in [3.8, 4) is 0 Å². The number of carbonyl (C=O) groups excluding carboxylic acids is 1. The van der Waals surface area contributed by atoms with Crippen LogP contribution >= 0.6 is 0 Å². The molecule has 2 aliphatic carbocycles. The second kappa shape index (κ2) is 7.62. The predicted octanol–water partition coefficient (Wildman–Crippen LogP) is 3.34. The van der Waals surface area contributed by atoms with Crippen molar-refractivity contribution in [1.82, 2.24) is 10.2 Å². The Bertz CT molecular complexity index is 328. The fourth-order valence-electron chi connectivity index (χ4n) is 4.03. The van der Waals surface area contributed by atoms with E-state index in [-0.39, 0.29) is 0 Å². The maximum atomic E-state index is 12.6. The summed E-state index contributed by atoms with van der Waals surface area (Å²) in [4.78, 5) is 14.8. The van der Waals surface area contributed by atoms with Gasteiger partial charge in [-0.2, -0.15) is 0 Å². The van der Waals surface area contributed by atoms with Crippen LogP contribution in [0, 0.1) is 11.8 Å². The number of hydrogen-bond donors (Lipinski definition) is 1. The van der Waals surface area contributed by atoms with Crippen molar-refractivity contribution in [2.75, 3.05) is 19.6 Å². The smallest absolute Gasteiger partial charge is 0.222 e. The van der Waals surface area contributed by atoms with Gasteiger partial charge in [0.1, 0.15) is 0 Å². The highest BCUT2D eigenvalue weighted by Crippen LogP contribution is 2.31. The van der Waals surface area contributed by atoms with E-state index in [4.69, 9.17) is 0 Å². The van der Waals surface area contributed by atoms with Gasteiger partial charge >= 0.3 is 0 Å². The molecule has 120 valence electrons. The minimum Gasteiger partial charge on any atom is -0.341 e. The average molecular weight is 292 g/mol. The number of amides is 1. The molecule has 2 saturated carbocycles. The van der Waals surface area contributed by atoms with E-state index in [2.05, 4.69) is 10.2 Å². The topological polar surface area (TPSA) is 32.3 Å². The highest BCUT2D eigenvalue weighted by atomic mass is 16.2. The Morgan fingerprint density at radius 3 is 2.38 bits per heavy atom. The van der Waals surface area contributed by atoms with Crippen LogP contribution in [0.4, 0.5) is 0 Å². The van der Waals surface area contributed by atoms with Crippen LogP contribution in [0.1, 0.15) is 70.6 Å². The second-order valence-corrected chi connectivity index (χ2v) is 7.58. The zero-order valence-corrected chi connectivity index (χ0v) is 13.5. The molecule has 3 nitrogen and oxygen atoms in total. The molecule has 0 spiro atoms. The Balaban J connectivity index is 1.44. The van der Waals surface area contributed by atoms with Crippen molar-refractivity contribution >= 4 is 5.91 Å². The molecule has 0 radical (unpaired) electrons. The van der Waals surface area contributed by atoms with Crippen LogP contribution in [0.25, 0.3) is 0 Å². The fourth-order valence-corrected chi connectivity index (χ4v) is 4.03. The van der Waals surface area contributed by atoms with Crippen LogP contribution in [-0.4, -0.2) is 36.5 Å². The van der Waals surface area contributed by atoms with Gasteiger partial charge in [-0.25, -0.2) is 0 Å². The first kappa shape index (κ1) is 15.3. The summed E-state index contributed by atoms with van der Waals surface area (Å²) in [6, 6.07) is 0.558. The molecule has 3 rings (SSSR count). The molecule has 3 heteroatoms. The van der Waals surface area contributed by atoms with Gasteiger partial charge in [0.25, 0.3) is 0 Å². The van der Waals surface area contributed by atoms with Crippen LogP contribution < -0.4 is 5.32 Å². The number of carbonyl (C=O) groups is 1. The van der Waals surface area contributed by atoms with E-state index in [0.717, 1.165) is 44.3 Å². The minimum absolute atomic E-state index is 0.432. The monoisotopic (exact) mass is 292 g/mol. The molecule has 0 aromatic heterocycles. The lowest BCUT2D eigenvalue weighted by Gasteiger charge is -2.27. The number of hydrogen-bond acceptors (Lipinski definition) is 2. The van der Waals surface area contributed by atoms with Gasteiger partial charge < -0.3 is 10.2 Å². The summed E-state index contributed by atoms with van der Waals surface area (Å²) < 4.78 is 0. The predicted molar refractivity (Wildman–Crippen MR) is 86.1 cm³/mol. The lowest BCUT2D eigenvalue weighted by Crippen LogP contribution is -2.42. The molecular formula is C18H32N2O. The summed E-state index contributed by atoms with van der Waals surface area (Å²) in [7, 11) is 0. The van der Waals surface area contributed by atoms with Crippen molar-refractivity contribution in [3.05, 3.63) is 0 Å². The van der Waals surface area contributed by atoms with E-state index < -0.39 is 0 Å². The molecule has 0 bridgehead atoms. The zero-order valence-electron chi connectivity index (χ0n) is 13.5. The SMILES string of the molecule is O=C(CCC1CCCCC1)N(CC1CC1)CC1CCCN1. The standard InChI is InChI=1S/C18H32N2O/c21-18(11-10-15-5-2-1-3-6-15)20(13-16-8-9-16)14-17-7-4-12-19-17/h15-17,19H,1-14H2. The van der Waals surface area contributed by atoms with Gasteiger partial charge in [-0.1, -0.05) is 32.1 Å². The minimum atomic E-state index is 0.432. The van der Waals surface area contributed by atoms with Crippen LogP contribution in [0.3, 0.4) is 0 Å². The first-order valence-electron chi connectivity index (χ1n) is 9.32. The molecule has 0 aromatic carbocycles. The summed E-state index contributed by atoms with van der Waals surface area (Å²) in [5, 5.41) is 3.55. The molecule has 0 aromatic rings. The summed E-state index contributed by atoms with van der Waals surface area (Å²) in [6.07, 6.45) is 14.0. The largest absolute Gasteiger partial charge is 0.341 e. The summed E-state index contributed by atoms with van der Waals surface area (Å²) in [5.74, 6) is 2.07. The molecule has 3 aliphatic rings. The zero-order chi connectivity index (χ0) is 14.5. The van der Waals surface area contributed by atoms with Crippen molar-refractivity contribution < 1.29 is 4.79 Å². The average Bonchev–Trinajstić information content (AvgIpc) is 3.18. The lowest BCUT2D eigenvalue weighted by molar-refractivity contribution is -0.132. The number of nitrogens with zero attached hydrogens (tertiary/aromatic N) is 1.